The molecule has 6 heteroatoms. The Morgan fingerprint density at radius 1 is 1.18 bits per heavy atom. The molecule has 0 amide bonds. The zero-order valence-electron chi connectivity index (χ0n) is 9.75. The molecular formula is C11H12Cl2N4. The molecule has 17 heavy (non-hydrogen) atoms. The molecule has 0 unspecified atom stereocenters. The van der Waals surface area contributed by atoms with Crippen LogP contribution in [0.2, 0.25) is 10.0 Å². The molecule has 0 spiro atoms. The first-order valence-corrected chi connectivity index (χ1v) is 5.82. The van der Waals surface area contributed by atoms with Crippen molar-refractivity contribution >= 4 is 29.0 Å². The fourth-order valence-electron chi connectivity index (χ4n) is 1.55. The lowest BCUT2D eigenvalue weighted by Gasteiger charge is -2.08. The van der Waals surface area contributed by atoms with E-state index in [1.807, 2.05) is 20.8 Å². The van der Waals surface area contributed by atoms with Crippen LogP contribution in [0.3, 0.4) is 0 Å². The summed E-state index contributed by atoms with van der Waals surface area (Å²) in [6.45, 7) is 5.89. The highest BCUT2D eigenvalue weighted by molar-refractivity contribution is 6.36. The minimum absolute atomic E-state index is 0.247. The van der Waals surface area contributed by atoms with Gasteiger partial charge in [0.15, 0.2) is 5.82 Å². The van der Waals surface area contributed by atoms with E-state index >= 15 is 0 Å². The van der Waals surface area contributed by atoms with E-state index < -0.39 is 0 Å². The van der Waals surface area contributed by atoms with Crippen molar-refractivity contribution in [2.24, 2.45) is 0 Å². The van der Waals surface area contributed by atoms with Gasteiger partial charge in [-0.2, -0.15) is 5.10 Å². The molecule has 0 aromatic carbocycles. The van der Waals surface area contributed by atoms with Crippen LogP contribution in [-0.4, -0.2) is 14.8 Å². The number of aromatic nitrogens is 3. The van der Waals surface area contributed by atoms with Crippen molar-refractivity contribution in [2.45, 2.75) is 20.8 Å². The molecule has 0 aliphatic carbocycles. The standard InChI is InChI=1S/C11H12Cl2N4/c1-5-6(2)16-17(7(5)3)11-9(13)4-8(12)10(14)15-11/h4H,1-3H3,(H2,14,15). The van der Waals surface area contributed by atoms with Gasteiger partial charge >= 0.3 is 0 Å². The van der Waals surface area contributed by atoms with E-state index in [-0.39, 0.29) is 5.82 Å². The number of pyridine rings is 1. The van der Waals surface area contributed by atoms with Gasteiger partial charge in [0.25, 0.3) is 0 Å². The second-order valence-electron chi connectivity index (χ2n) is 3.87. The Labute approximate surface area is 109 Å². The van der Waals surface area contributed by atoms with Gasteiger partial charge < -0.3 is 5.73 Å². The van der Waals surface area contributed by atoms with E-state index in [1.165, 1.54) is 0 Å². The second-order valence-corrected chi connectivity index (χ2v) is 4.68. The molecule has 0 atom stereocenters. The van der Waals surface area contributed by atoms with Gasteiger partial charge in [-0.1, -0.05) is 23.2 Å². The van der Waals surface area contributed by atoms with Crippen LogP contribution in [0.15, 0.2) is 6.07 Å². The lowest BCUT2D eigenvalue weighted by atomic mass is 10.2. The Morgan fingerprint density at radius 2 is 1.82 bits per heavy atom. The second kappa shape index (κ2) is 4.20. The first-order chi connectivity index (χ1) is 7.91. The summed E-state index contributed by atoms with van der Waals surface area (Å²) in [5.41, 5.74) is 8.71. The maximum absolute atomic E-state index is 6.11. The quantitative estimate of drug-likeness (QED) is 0.867. The molecule has 0 radical (unpaired) electrons. The van der Waals surface area contributed by atoms with Crippen LogP contribution in [0.1, 0.15) is 17.0 Å². The van der Waals surface area contributed by atoms with Gasteiger partial charge in [-0.15, -0.1) is 0 Å². The highest BCUT2D eigenvalue weighted by atomic mass is 35.5. The van der Waals surface area contributed by atoms with Gasteiger partial charge in [0.1, 0.15) is 5.82 Å². The molecule has 2 heterocycles. The number of halogens is 2. The van der Waals surface area contributed by atoms with Crippen molar-refractivity contribution in [3.05, 3.63) is 33.1 Å². The number of aryl methyl sites for hydroxylation is 1. The van der Waals surface area contributed by atoms with Crippen LogP contribution in [-0.2, 0) is 0 Å². The van der Waals surface area contributed by atoms with E-state index in [0.29, 0.717) is 15.9 Å². The van der Waals surface area contributed by atoms with Crippen LogP contribution < -0.4 is 5.73 Å². The topological polar surface area (TPSA) is 56.7 Å². The van der Waals surface area contributed by atoms with Gasteiger partial charge in [0.05, 0.1) is 15.7 Å². The summed E-state index contributed by atoms with van der Waals surface area (Å²) in [4.78, 5) is 4.17. The molecule has 0 bridgehead atoms. The van der Waals surface area contributed by atoms with Gasteiger partial charge in [-0.3, -0.25) is 0 Å². The number of nitrogens with zero attached hydrogens (tertiary/aromatic N) is 3. The minimum Gasteiger partial charge on any atom is -0.382 e. The van der Waals surface area contributed by atoms with Crippen molar-refractivity contribution in [3.8, 4) is 5.82 Å². The van der Waals surface area contributed by atoms with E-state index in [9.17, 15) is 0 Å². The SMILES string of the molecule is Cc1nn(-c2nc(N)c(Cl)cc2Cl)c(C)c1C. The Morgan fingerprint density at radius 3 is 2.35 bits per heavy atom. The normalized spacial score (nSPS) is 10.9. The van der Waals surface area contributed by atoms with Crippen LogP contribution >= 0.6 is 23.2 Å². The smallest absolute Gasteiger partial charge is 0.174 e. The number of hydrogen-bond acceptors (Lipinski definition) is 3. The van der Waals surface area contributed by atoms with Crippen molar-refractivity contribution in [1.82, 2.24) is 14.8 Å². The highest BCUT2D eigenvalue weighted by Gasteiger charge is 2.14. The predicted octanol–water partition coefficient (Wildman–Crippen LogP) is 3.08. The molecule has 0 aliphatic heterocycles. The highest BCUT2D eigenvalue weighted by Crippen LogP contribution is 2.27. The average molecular weight is 271 g/mol. The molecular weight excluding hydrogens is 259 g/mol. The van der Waals surface area contributed by atoms with Gasteiger partial charge in [-0.05, 0) is 32.4 Å². The third kappa shape index (κ3) is 1.98. The number of hydrogen-bond donors (Lipinski definition) is 1. The number of anilines is 1. The summed E-state index contributed by atoms with van der Waals surface area (Å²) >= 11 is 12.0. The van der Waals surface area contributed by atoms with Crippen molar-refractivity contribution in [1.29, 1.82) is 0 Å². The largest absolute Gasteiger partial charge is 0.382 e. The average Bonchev–Trinajstić information content (AvgIpc) is 2.51. The summed E-state index contributed by atoms with van der Waals surface area (Å²) in [6.07, 6.45) is 0. The van der Waals surface area contributed by atoms with Crippen LogP contribution in [0.25, 0.3) is 5.82 Å². The van der Waals surface area contributed by atoms with E-state index in [4.69, 9.17) is 28.9 Å². The van der Waals surface area contributed by atoms with Crippen molar-refractivity contribution < 1.29 is 0 Å². The van der Waals surface area contributed by atoms with Crippen LogP contribution in [0, 0.1) is 20.8 Å². The number of rotatable bonds is 1. The van der Waals surface area contributed by atoms with Gasteiger partial charge in [0, 0.05) is 5.69 Å². The minimum atomic E-state index is 0.247. The van der Waals surface area contributed by atoms with Crippen LogP contribution in [0.5, 0.6) is 0 Å². The van der Waals surface area contributed by atoms with Crippen LogP contribution in [0.4, 0.5) is 5.82 Å². The Balaban J connectivity index is 2.68. The first kappa shape index (κ1) is 12.2. The Kier molecular flexibility index (Phi) is 3.02. The van der Waals surface area contributed by atoms with Crippen molar-refractivity contribution in [2.75, 3.05) is 5.73 Å². The Bertz CT molecular complexity index is 590. The molecule has 90 valence electrons. The molecule has 2 aromatic rings. The van der Waals surface area contributed by atoms with Gasteiger partial charge in [-0.25, -0.2) is 9.67 Å². The Hall–Kier alpha value is -1.26. The number of nitrogen functional groups attached to an aromatic ring is 1. The fraction of sp³-hybridized carbons (Fsp3) is 0.273. The van der Waals surface area contributed by atoms with E-state index in [1.54, 1.807) is 10.7 Å². The predicted molar refractivity (Wildman–Crippen MR) is 70.0 cm³/mol. The maximum Gasteiger partial charge on any atom is 0.174 e. The molecule has 2 aromatic heterocycles. The summed E-state index contributed by atoms with van der Waals surface area (Å²) in [6, 6.07) is 1.58. The zero-order chi connectivity index (χ0) is 12.7. The molecule has 2 rings (SSSR count). The van der Waals surface area contributed by atoms with E-state index in [0.717, 1.165) is 17.0 Å². The summed E-state index contributed by atoms with van der Waals surface area (Å²) in [5.74, 6) is 0.749. The maximum atomic E-state index is 6.11. The molecule has 0 saturated carbocycles. The molecule has 0 fully saturated rings. The third-order valence-electron chi connectivity index (χ3n) is 2.79. The zero-order valence-corrected chi connectivity index (χ0v) is 11.3. The number of nitrogens with two attached hydrogens (primary N) is 1. The summed E-state index contributed by atoms with van der Waals surface area (Å²) in [7, 11) is 0. The van der Waals surface area contributed by atoms with E-state index in [2.05, 4.69) is 10.1 Å². The lowest BCUT2D eigenvalue weighted by Crippen LogP contribution is -2.05. The molecule has 4 nitrogen and oxygen atoms in total. The van der Waals surface area contributed by atoms with Crippen molar-refractivity contribution in [3.63, 3.8) is 0 Å². The molecule has 0 saturated heterocycles. The fourth-order valence-corrected chi connectivity index (χ4v) is 1.98. The molecule has 0 aliphatic rings. The summed E-state index contributed by atoms with van der Waals surface area (Å²) < 4.78 is 1.68. The third-order valence-corrected chi connectivity index (χ3v) is 3.37. The molecule has 2 N–H and O–H groups in total. The lowest BCUT2D eigenvalue weighted by molar-refractivity contribution is 0.807. The summed E-state index contributed by atoms with van der Waals surface area (Å²) in [5, 5.41) is 5.15. The van der Waals surface area contributed by atoms with Gasteiger partial charge in [0.2, 0.25) is 0 Å². The monoisotopic (exact) mass is 270 g/mol. The first-order valence-electron chi connectivity index (χ1n) is 5.06.